The van der Waals surface area contributed by atoms with Crippen LogP contribution >= 0.6 is 11.3 Å². The molecule has 0 amide bonds. The van der Waals surface area contributed by atoms with Gasteiger partial charge in [0, 0.05) is 19.0 Å². The summed E-state index contributed by atoms with van der Waals surface area (Å²) in [5.74, 6) is -1.94. The standard InChI is InChI=1S/C22H18N4O5S/c1-25(2)18-11-9-15(32-18)8-10-16(22(30)31-3)19-17(12-23)24-26(20(19)27)14-6-4-13(5-7-14)21(28)29/h4-9,11,24H,1-3H3,(H,28,29). The number of aromatic carboxylic acids is 1. The smallest absolute Gasteiger partial charge is 0.346 e. The number of rotatable bonds is 6. The second kappa shape index (κ2) is 9.22. The molecule has 0 aliphatic rings. The molecular formula is C22H18N4O5S. The van der Waals surface area contributed by atoms with Crippen LogP contribution in [0.4, 0.5) is 5.00 Å². The highest BCUT2D eigenvalue weighted by Gasteiger charge is 2.24. The molecule has 10 heteroatoms. The number of H-pyrrole nitrogens is 1. The van der Waals surface area contributed by atoms with Crippen LogP contribution in [0.1, 0.15) is 26.5 Å². The summed E-state index contributed by atoms with van der Waals surface area (Å²) in [5, 5.41) is 22.2. The summed E-state index contributed by atoms with van der Waals surface area (Å²) in [6.07, 6.45) is 1.55. The van der Waals surface area contributed by atoms with Crippen LogP contribution in [-0.2, 0) is 9.53 Å². The van der Waals surface area contributed by atoms with Crippen molar-refractivity contribution in [2.24, 2.45) is 0 Å². The number of esters is 1. The molecule has 0 unspecified atom stereocenters. The van der Waals surface area contributed by atoms with Crippen molar-refractivity contribution in [1.29, 1.82) is 5.26 Å². The van der Waals surface area contributed by atoms with Crippen molar-refractivity contribution in [3.8, 4) is 11.8 Å². The fourth-order valence-electron chi connectivity index (χ4n) is 2.82. The van der Waals surface area contributed by atoms with Crippen molar-refractivity contribution in [2.75, 3.05) is 26.1 Å². The van der Waals surface area contributed by atoms with Gasteiger partial charge < -0.3 is 14.7 Å². The minimum absolute atomic E-state index is 0.0419. The first-order valence-corrected chi connectivity index (χ1v) is 9.99. The van der Waals surface area contributed by atoms with Crippen molar-refractivity contribution in [1.82, 2.24) is 9.78 Å². The van der Waals surface area contributed by atoms with Gasteiger partial charge in [-0.2, -0.15) is 5.26 Å². The number of ether oxygens (including phenoxy) is 1. The Morgan fingerprint density at radius 3 is 2.44 bits per heavy atom. The first kappa shape index (κ1) is 22.4. The third kappa shape index (κ3) is 4.39. The van der Waals surface area contributed by atoms with Gasteiger partial charge in [-0.05, 0) is 42.5 Å². The molecule has 2 heterocycles. The Morgan fingerprint density at radius 1 is 1.22 bits per heavy atom. The Hall–Kier alpha value is -4.32. The van der Waals surface area contributed by atoms with E-state index in [1.807, 2.05) is 37.2 Å². The molecule has 0 bridgehead atoms. The maximum Gasteiger partial charge on any atom is 0.346 e. The SMILES string of the molecule is COC(=O)C(=C=Cc1ccc(N(C)C)s1)c1c(C#N)[nH]n(-c2ccc(C(=O)O)cc2)c1=O. The largest absolute Gasteiger partial charge is 0.478 e. The van der Waals surface area contributed by atoms with Gasteiger partial charge in [0.25, 0.3) is 5.56 Å². The van der Waals surface area contributed by atoms with Crippen LogP contribution in [0.5, 0.6) is 0 Å². The average Bonchev–Trinajstić information content (AvgIpc) is 3.39. The number of aromatic amines is 1. The highest BCUT2D eigenvalue weighted by molar-refractivity contribution is 7.16. The molecule has 2 aromatic heterocycles. The van der Waals surface area contributed by atoms with E-state index in [-0.39, 0.29) is 22.4 Å². The Bertz CT molecular complexity index is 1350. The fraction of sp³-hybridized carbons (Fsp3) is 0.136. The molecule has 0 atom stereocenters. The minimum Gasteiger partial charge on any atom is -0.478 e. The molecule has 0 fully saturated rings. The summed E-state index contributed by atoms with van der Waals surface area (Å²) < 4.78 is 5.87. The highest BCUT2D eigenvalue weighted by Crippen LogP contribution is 2.25. The first-order valence-electron chi connectivity index (χ1n) is 9.18. The number of thiophene rings is 1. The summed E-state index contributed by atoms with van der Waals surface area (Å²) in [7, 11) is 4.97. The van der Waals surface area contributed by atoms with Gasteiger partial charge in [0.1, 0.15) is 17.3 Å². The first-order chi connectivity index (χ1) is 15.3. The number of carbonyl (C=O) groups is 2. The molecule has 0 aliphatic heterocycles. The van der Waals surface area contributed by atoms with Crippen molar-refractivity contribution >= 4 is 39.9 Å². The van der Waals surface area contributed by atoms with Gasteiger partial charge in [-0.15, -0.1) is 17.1 Å². The lowest BCUT2D eigenvalue weighted by molar-refractivity contribution is -0.133. The van der Waals surface area contributed by atoms with Crippen molar-refractivity contribution in [2.45, 2.75) is 0 Å². The highest BCUT2D eigenvalue weighted by atomic mass is 32.1. The zero-order valence-electron chi connectivity index (χ0n) is 17.4. The quantitative estimate of drug-likeness (QED) is 0.336. The molecule has 1 aromatic carbocycles. The predicted octanol–water partition coefficient (Wildman–Crippen LogP) is 2.73. The summed E-state index contributed by atoms with van der Waals surface area (Å²) in [5.41, 5.74) is 1.92. The van der Waals surface area contributed by atoms with E-state index in [2.05, 4.69) is 10.8 Å². The zero-order chi connectivity index (χ0) is 23.4. The van der Waals surface area contributed by atoms with Crippen LogP contribution in [0.25, 0.3) is 17.3 Å². The monoisotopic (exact) mass is 450 g/mol. The van der Waals surface area contributed by atoms with E-state index >= 15 is 0 Å². The molecule has 0 radical (unpaired) electrons. The van der Waals surface area contributed by atoms with Crippen LogP contribution < -0.4 is 10.5 Å². The number of aromatic nitrogens is 2. The molecule has 2 N–H and O–H groups in total. The summed E-state index contributed by atoms with van der Waals surface area (Å²) >= 11 is 1.46. The Balaban J connectivity index is 2.16. The number of benzene rings is 1. The molecule has 162 valence electrons. The second-order valence-corrected chi connectivity index (χ2v) is 7.79. The minimum atomic E-state index is -1.11. The zero-order valence-corrected chi connectivity index (χ0v) is 18.2. The van der Waals surface area contributed by atoms with Gasteiger partial charge in [-0.25, -0.2) is 14.3 Å². The lowest BCUT2D eigenvalue weighted by Crippen LogP contribution is -2.19. The van der Waals surface area contributed by atoms with Gasteiger partial charge in [-0.1, -0.05) is 0 Å². The maximum atomic E-state index is 13.1. The van der Waals surface area contributed by atoms with Crippen LogP contribution in [-0.4, -0.2) is 48.0 Å². The van der Waals surface area contributed by atoms with E-state index in [1.54, 1.807) is 6.08 Å². The van der Waals surface area contributed by atoms with E-state index in [4.69, 9.17) is 9.84 Å². The number of nitriles is 1. The predicted molar refractivity (Wildman–Crippen MR) is 120 cm³/mol. The number of nitrogens with zero attached hydrogens (tertiary/aromatic N) is 3. The van der Waals surface area contributed by atoms with Gasteiger partial charge in [0.15, 0.2) is 0 Å². The average molecular weight is 450 g/mol. The molecule has 0 saturated heterocycles. The number of carbonyl (C=O) groups excluding carboxylic acids is 1. The van der Waals surface area contributed by atoms with E-state index < -0.39 is 17.5 Å². The number of carboxylic acid groups (broad SMARTS) is 1. The Morgan fingerprint density at radius 2 is 1.91 bits per heavy atom. The van der Waals surface area contributed by atoms with E-state index in [0.717, 1.165) is 14.6 Å². The lowest BCUT2D eigenvalue weighted by atomic mass is 10.1. The third-order valence-corrected chi connectivity index (χ3v) is 5.63. The summed E-state index contributed by atoms with van der Waals surface area (Å²) in [6, 6.07) is 11.1. The van der Waals surface area contributed by atoms with E-state index in [1.165, 1.54) is 42.7 Å². The molecule has 0 saturated carbocycles. The maximum absolute atomic E-state index is 13.1. The van der Waals surface area contributed by atoms with Gasteiger partial charge in [0.2, 0.25) is 0 Å². The molecule has 3 aromatic rings. The van der Waals surface area contributed by atoms with Crippen molar-refractivity contribution < 1.29 is 19.4 Å². The number of carboxylic acids is 1. The topological polar surface area (TPSA) is 128 Å². The van der Waals surface area contributed by atoms with Crippen LogP contribution in [0.3, 0.4) is 0 Å². The number of methoxy groups -OCH3 is 1. The Kier molecular flexibility index (Phi) is 6.45. The van der Waals surface area contributed by atoms with Crippen LogP contribution in [0.2, 0.25) is 0 Å². The number of nitrogens with one attached hydrogen (secondary N) is 1. The van der Waals surface area contributed by atoms with Crippen molar-refractivity contribution in [3.63, 3.8) is 0 Å². The van der Waals surface area contributed by atoms with Crippen LogP contribution in [0.15, 0.2) is 46.9 Å². The van der Waals surface area contributed by atoms with Gasteiger partial charge in [0.05, 0.1) is 28.9 Å². The molecule has 3 rings (SSSR count). The third-order valence-electron chi connectivity index (χ3n) is 4.43. The fourth-order valence-corrected chi connectivity index (χ4v) is 3.64. The van der Waals surface area contributed by atoms with E-state index in [0.29, 0.717) is 5.69 Å². The number of hydrogen-bond acceptors (Lipinski definition) is 7. The summed E-state index contributed by atoms with van der Waals surface area (Å²) in [4.78, 5) is 39.3. The van der Waals surface area contributed by atoms with Gasteiger partial charge in [-0.3, -0.25) is 9.89 Å². The second-order valence-electron chi connectivity index (χ2n) is 6.69. The van der Waals surface area contributed by atoms with Crippen molar-refractivity contribution in [3.05, 3.63) is 74.2 Å². The molecular weight excluding hydrogens is 432 g/mol. The molecule has 0 aliphatic carbocycles. The molecule has 0 spiro atoms. The number of anilines is 1. The number of hydrogen-bond donors (Lipinski definition) is 2. The summed E-state index contributed by atoms with van der Waals surface area (Å²) in [6.45, 7) is 0. The molecule has 9 nitrogen and oxygen atoms in total. The van der Waals surface area contributed by atoms with Crippen LogP contribution in [0, 0.1) is 11.3 Å². The van der Waals surface area contributed by atoms with E-state index in [9.17, 15) is 19.6 Å². The lowest BCUT2D eigenvalue weighted by Gasteiger charge is -2.06. The molecule has 32 heavy (non-hydrogen) atoms. The normalized spacial score (nSPS) is 10.1. The van der Waals surface area contributed by atoms with Gasteiger partial charge >= 0.3 is 11.9 Å². The Labute approximate surface area is 186 Å².